The van der Waals surface area contributed by atoms with Crippen molar-refractivity contribution in [2.24, 2.45) is 0 Å². The predicted octanol–water partition coefficient (Wildman–Crippen LogP) is 3.56. The van der Waals surface area contributed by atoms with E-state index < -0.39 is 16.8 Å². The summed E-state index contributed by atoms with van der Waals surface area (Å²) in [4.78, 5) is 0. The van der Waals surface area contributed by atoms with Gasteiger partial charge in [0.05, 0.1) is 0 Å². The maximum atomic E-state index is 6.44. The molecular formula is C10H11ClTi. The molecule has 0 unspecified atom stereocenters. The smallest absolute Gasteiger partial charge is 1.00 e. The van der Waals surface area contributed by atoms with Crippen molar-refractivity contribution >= 4 is 9.30 Å². The maximum absolute atomic E-state index is 6.44. The number of halogens is 1. The van der Waals surface area contributed by atoms with Gasteiger partial charge in [-0.1, -0.05) is 0 Å². The summed E-state index contributed by atoms with van der Waals surface area (Å²) in [6, 6.07) is 0. The molecule has 0 atom stereocenters. The monoisotopic (exact) mass is 214 g/mol. The van der Waals surface area contributed by atoms with Crippen LogP contribution in [-0.4, -0.2) is 0 Å². The number of hydrogen-bond acceptors (Lipinski definition) is 0. The topological polar surface area (TPSA) is 0 Å². The molecule has 0 aliphatic heterocycles. The molecule has 2 rings (SSSR count). The van der Waals surface area contributed by atoms with Gasteiger partial charge in [-0.05, 0) is 0 Å². The molecule has 2 aliphatic rings. The summed E-state index contributed by atoms with van der Waals surface area (Å²) in [6.45, 7) is 0. The van der Waals surface area contributed by atoms with E-state index in [9.17, 15) is 0 Å². The molecule has 0 N–H and O–H groups in total. The summed E-state index contributed by atoms with van der Waals surface area (Å²) in [5, 5.41) is 0. The van der Waals surface area contributed by atoms with E-state index in [1.54, 1.807) is 0 Å². The third-order valence-corrected chi connectivity index (χ3v) is 7.03. The first-order valence-corrected chi connectivity index (χ1v) is 7.83. The van der Waals surface area contributed by atoms with Gasteiger partial charge in [0.15, 0.2) is 0 Å². The van der Waals surface area contributed by atoms with Crippen molar-refractivity contribution in [1.82, 2.24) is 0 Å². The molecule has 12 heavy (non-hydrogen) atoms. The van der Waals surface area contributed by atoms with Crippen molar-refractivity contribution in [3.8, 4) is 0 Å². The fraction of sp³-hybridized carbons (Fsp3) is 0.200. The first kappa shape index (κ1) is 8.56. The number of allylic oxidation sites excluding steroid dienone is 8. The van der Waals surface area contributed by atoms with Crippen molar-refractivity contribution in [3.63, 3.8) is 0 Å². The first-order valence-electron chi connectivity index (χ1n) is 4.12. The summed E-state index contributed by atoms with van der Waals surface area (Å²) >= 11 is -1.51. The zero-order chi connectivity index (χ0) is 8.39. The zero-order valence-corrected chi connectivity index (χ0v) is 9.07. The van der Waals surface area contributed by atoms with Gasteiger partial charge >= 0.3 is 83.2 Å². The maximum Gasteiger partial charge on any atom is -1.00 e. The molecule has 0 nitrogen and oxygen atoms in total. The molecule has 0 aromatic rings. The number of rotatable bonds is 2. The van der Waals surface area contributed by atoms with Gasteiger partial charge in [-0.2, -0.15) is 0 Å². The van der Waals surface area contributed by atoms with Crippen LogP contribution in [0.4, 0.5) is 0 Å². The molecule has 0 aromatic heterocycles. The second-order valence-corrected chi connectivity index (χ2v) is 7.51. The van der Waals surface area contributed by atoms with E-state index in [4.69, 9.17) is 9.30 Å². The van der Waals surface area contributed by atoms with Crippen molar-refractivity contribution < 1.29 is 18.2 Å². The zero-order valence-electron chi connectivity index (χ0n) is 7.76. The molecule has 0 amide bonds. The molecule has 0 spiro atoms. The molecule has 0 bridgehead atoms. The van der Waals surface area contributed by atoms with Crippen molar-refractivity contribution in [3.05, 3.63) is 44.2 Å². The Morgan fingerprint density at radius 1 is 1.08 bits per heavy atom. The van der Waals surface area contributed by atoms with Gasteiger partial charge in [-0.3, -0.25) is 0 Å². The molecule has 62 valence electrons. The van der Waals surface area contributed by atoms with Crippen LogP contribution in [0.25, 0.3) is 0 Å². The molecule has 2 heteroatoms. The summed E-state index contributed by atoms with van der Waals surface area (Å²) in [6.07, 6.45) is 15.2. The summed E-state index contributed by atoms with van der Waals surface area (Å²) in [7, 11) is 6.44. The fourth-order valence-electron chi connectivity index (χ4n) is 1.43. The van der Waals surface area contributed by atoms with Crippen molar-refractivity contribution in [1.29, 1.82) is 0 Å². The standard InChI is InChI=1S/2C5H5.ClH.Ti.H/c2*1-2-4-5-3-1;;;/h2*1-3H,4H2;1H;;/q;;;+2;-1/p-1. The van der Waals surface area contributed by atoms with Crippen LogP contribution in [0.3, 0.4) is 0 Å². The van der Waals surface area contributed by atoms with Crippen molar-refractivity contribution in [2.75, 3.05) is 0 Å². The Labute approximate surface area is 84.5 Å². The first-order chi connectivity index (χ1) is 5.88. The van der Waals surface area contributed by atoms with E-state index in [2.05, 4.69) is 36.5 Å². The minimum Gasteiger partial charge on any atom is -1.00 e. The van der Waals surface area contributed by atoms with Crippen LogP contribution in [-0.2, 0) is 16.8 Å². The SMILES string of the molecule is [Cl][Ti+]([C]1=CC=CC1)[C]1=CC=CC1.[H-]. The Morgan fingerprint density at radius 2 is 1.58 bits per heavy atom. The Bertz CT molecular complexity index is 272. The Kier molecular flexibility index (Phi) is 2.70. The largest absolute Gasteiger partial charge is 1.00 e. The molecule has 0 saturated carbocycles. The van der Waals surface area contributed by atoms with E-state index in [0.717, 1.165) is 12.8 Å². The molecule has 0 radical (unpaired) electrons. The Hall–Kier alpha value is -0.0357. The Morgan fingerprint density at radius 3 is 1.92 bits per heavy atom. The minimum absolute atomic E-state index is 0. The van der Waals surface area contributed by atoms with Crippen LogP contribution < -0.4 is 0 Å². The summed E-state index contributed by atoms with van der Waals surface area (Å²) < 4.78 is 2.98. The van der Waals surface area contributed by atoms with E-state index in [0.29, 0.717) is 0 Å². The Balaban J connectivity index is 0.000000845. The second kappa shape index (κ2) is 3.78. The normalized spacial score (nSPS) is 19.8. The van der Waals surface area contributed by atoms with Crippen LogP contribution >= 0.6 is 9.30 Å². The van der Waals surface area contributed by atoms with Crippen molar-refractivity contribution in [2.45, 2.75) is 12.8 Å². The minimum atomic E-state index is -1.51. The second-order valence-electron chi connectivity index (χ2n) is 2.96. The van der Waals surface area contributed by atoms with Gasteiger partial charge in [0.1, 0.15) is 0 Å². The van der Waals surface area contributed by atoms with Gasteiger partial charge in [0.25, 0.3) is 0 Å². The number of hydrogen-bond donors (Lipinski definition) is 0. The average Bonchev–Trinajstić information content (AvgIpc) is 2.77. The van der Waals surface area contributed by atoms with Crippen LogP contribution in [0.15, 0.2) is 44.2 Å². The summed E-state index contributed by atoms with van der Waals surface area (Å²) in [5.41, 5.74) is 0. The molecule has 0 fully saturated rings. The van der Waals surface area contributed by atoms with Gasteiger partial charge in [-0.15, -0.1) is 0 Å². The van der Waals surface area contributed by atoms with Crippen LogP contribution in [0.1, 0.15) is 14.3 Å². The van der Waals surface area contributed by atoms with Gasteiger partial charge in [0, 0.05) is 0 Å². The quantitative estimate of drug-likeness (QED) is 0.617. The average molecular weight is 215 g/mol. The fourth-order valence-corrected chi connectivity index (χ4v) is 4.91. The van der Waals surface area contributed by atoms with Crippen LogP contribution in [0, 0.1) is 0 Å². The molecule has 0 saturated heterocycles. The van der Waals surface area contributed by atoms with E-state index in [1.807, 2.05) is 0 Å². The van der Waals surface area contributed by atoms with E-state index in [1.165, 1.54) is 7.76 Å². The molecule has 2 aliphatic carbocycles. The van der Waals surface area contributed by atoms with Gasteiger partial charge < -0.3 is 1.43 Å². The van der Waals surface area contributed by atoms with E-state index >= 15 is 0 Å². The molecule has 0 heterocycles. The molecular weight excluding hydrogens is 203 g/mol. The van der Waals surface area contributed by atoms with Crippen LogP contribution in [0.2, 0.25) is 0 Å². The van der Waals surface area contributed by atoms with E-state index in [-0.39, 0.29) is 1.43 Å². The van der Waals surface area contributed by atoms with Gasteiger partial charge in [0.2, 0.25) is 0 Å². The predicted molar refractivity (Wildman–Crippen MR) is 50.6 cm³/mol. The summed E-state index contributed by atoms with van der Waals surface area (Å²) in [5.74, 6) is 0. The third kappa shape index (κ3) is 1.66. The van der Waals surface area contributed by atoms with Gasteiger partial charge in [-0.25, -0.2) is 0 Å². The molecule has 0 aromatic carbocycles. The van der Waals surface area contributed by atoms with Crippen LogP contribution in [0.5, 0.6) is 0 Å². The third-order valence-electron chi connectivity index (χ3n) is 2.11.